The molecule has 3 aromatic carbocycles. The van der Waals surface area contributed by atoms with Gasteiger partial charge in [-0.05, 0) is 60.7 Å². The highest BCUT2D eigenvalue weighted by molar-refractivity contribution is 6.34. The van der Waals surface area contributed by atoms with Crippen LogP contribution in [0.25, 0.3) is 0 Å². The molecule has 0 aliphatic rings. The first-order chi connectivity index (χ1) is 13.5. The number of carbonyl (C=O) groups excluding carboxylic acids is 2. The number of hydrogen-bond donors (Lipinski definition) is 2. The van der Waals surface area contributed by atoms with E-state index in [0.29, 0.717) is 10.7 Å². The summed E-state index contributed by atoms with van der Waals surface area (Å²) in [6.07, 6.45) is 0. The van der Waals surface area contributed by atoms with Crippen LogP contribution >= 0.6 is 23.2 Å². The second-order valence-corrected chi connectivity index (χ2v) is 6.57. The Kier molecular flexibility index (Phi) is 6.33. The Morgan fingerprint density at radius 3 is 1.93 bits per heavy atom. The lowest BCUT2D eigenvalue weighted by molar-refractivity contribution is 0.0967. The monoisotopic (exact) mass is 408 g/mol. The van der Waals surface area contributed by atoms with E-state index in [1.807, 2.05) is 12.1 Å². The maximum Gasteiger partial charge on any atom is 0.326 e. The third-order valence-electron chi connectivity index (χ3n) is 3.68. The molecule has 0 aromatic heterocycles. The fourth-order valence-electron chi connectivity index (χ4n) is 2.29. The number of urea groups is 1. The molecule has 3 amide bonds. The summed E-state index contributed by atoms with van der Waals surface area (Å²) in [5.41, 5.74) is 2.39. The Morgan fingerprint density at radius 1 is 0.750 bits per heavy atom. The van der Waals surface area contributed by atoms with Crippen molar-refractivity contribution in [3.05, 3.63) is 99.5 Å². The maximum absolute atomic E-state index is 12.1. The molecule has 6 heteroatoms. The standard InChI is InChI=1S/C22H14Cl2N2O2/c23-17-11-7-15(8-12-17)5-6-16-9-13-18(14-10-16)25-22(28)26-21(27)19-3-1-2-4-20(19)24/h1-4,7-14H,(H2,25,26,27,28). The van der Waals surface area contributed by atoms with Crippen LogP contribution < -0.4 is 10.6 Å². The highest BCUT2D eigenvalue weighted by Crippen LogP contribution is 2.15. The van der Waals surface area contributed by atoms with Crippen LogP contribution in [0.4, 0.5) is 10.5 Å². The molecule has 3 aromatic rings. The number of benzene rings is 3. The van der Waals surface area contributed by atoms with Crippen LogP contribution in [0.15, 0.2) is 72.8 Å². The summed E-state index contributed by atoms with van der Waals surface area (Å²) in [7, 11) is 0. The zero-order valence-corrected chi connectivity index (χ0v) is 16.0. The molecule has 0 fully saturated rings. The van der Waals surface area contributed by atoms with Gasteiger partial charge in [0, 0.05) is 21.8 Å². The molecule has 0 spiro atoms. The van der Waals surface area contributed by atoms with E-state index in [-0.39, 0.29) is 10.6 Å². The Hall–Kier alpha value is -3.26. The van der Waals surface area contributed by atoms with Crippen LogP contribution in [0, 0.1) is 11.8 Å². The summed E-state index contributed by atoms with van der Waals surface area (Å²) in [5, 5.41) is 5.77. The van der Waals surface area contributed by atoms with E-state index in [9.17, 15) is 9.59 Å². The number of rotatable bonds is 2. The normalized spacial score (nSPS) is 9.79. The van der Waals surface area contributed by atoms with Gasteiger partial charge in [-0.2, -0.15) is 0 Å². The molecule has 0 unspecified atom stereocenters. The van der Waals surface area contributed by atoms with E-state index in [1.165, 1.54) is 0 Å². The van der Waals surface area contributed by atoms with Crippen LogP contribution in [0.3, 0.4) is 0 Å². The molecule has 0 atom stereocenters. The molecule has 0 saturated carbocycles. The lowest BCUT2D eigenvalue weighted by Crippen LogP contribution is -2.34. The topological polar surface area (TPSA) is 58.2 Å². The molecule has 0 radical (unpaired) electrons. The maximum atomic E-state index is 12.1. The highest BCUT2D eigenvalue weighted by Gasteiger charge is 2.13. The number of halogens is 2. The Bertz CT molecular complexity index is 1070. The SMILES string of the molecule is O=C(NC(=O)c1ccccc1Cl)Nc1ccc(C#Cc2ccc(Cl)cc2)cc1. The van der Waals surface area contributed by atoms with Crippen LogP contribution in [0.1, 0.15) is 21.5 Å². The average Bonchev–Trinajstić information content (AvgIpc) is 2.69. The molecule has 28 heavy (non-hydrogen) atoms. The van der Waals surface area contributed by atoms with Crippen LogP contribution in [-0.4, -0.2) is 11.9 Å². The van der Waals surface area contributed by atoms with Crippen molar-refractivity contribution in [1.82, 2.24) is 5.32 Å². The second-order valence-electron chi connectivity index (χ2n) is 5.72. The van der Waals surface area contributed by atoms with Crippen LogP contribution in [0.2, 0.25) is 10.0 Å². The van der Waals surface area contributed by atoms with Crippen molar-refractivity contribution in [3.63, 3.8) is 0 Å². The van der Waals surface area contributed by atoms with Crippen molar-refractivity contribution in [2.75, 3.05) is 5.32 Å². The lowest BCUT2D eigenvalue weighted by atomic mass is 10.1. The molecular formula is C22H14Cl2N2O2. The largest absolute Gasteiger partial charge is 0.326 e. The fraction of sp³-hybridized carbons (Fsp3) is 0. The predicted octanol–water partition coefficient (Wildman–Crippen LogP) is 5.36. The molecule has 0 aliphatic heterocycles. The highest BCUT2D eigenvalue weighted by atomic mass is 35.5. The van der Waals surface area contributed by atoms with Gasteiger partial charge in [0.2, 0.25) is 0 Å². The van der Waals surface area contributed by atoms with Gasteiger partial charge in [-0.1, -0.05) is 47.2 Å². The summed E-state index contributed by atoms with van der Waals surface area (Å²) >= 11 is 11.8. The zero-order valence-electron chi connectivity index (χ0n) is 14.5. The molecule has 138 valence electrons. The number of anilines is 1. The number of amides is 3. The summed E-state index contributed by atoms with van der Waals surface area (Å²) in [4.78, 5) is 24.1. The quantitative estimate of drug-likeness (QED) is 0.561. The molecular weight excluding hydrogens is 395 g/mol. The van der Waals surface area contributed by atoms with Crippen molar-refractivity contribution >= 4 is 40.8 Å². The first-order valence-electron chi connectivity index (χ1n) is 8.26. The zero-order chi connectivity index (χ0) is 19.9. The van der Waals surface area contributed by atoms with Crippen molar-refractivity contribution in [1.29, 1.82) is 0 Å². The third kappa shape index (κ3) is 5.37. The van der Waals surface area contributed by atoms with E-state index in [4.69, 9.17) is 23.2 Å². The summed E-state index contributed by atoms with van der Waals surface area (Å²) in [6, 6.07) is 20.0. The average molecular weight is 409 g/mol. The van der Waals surface area contributed by atoms with Crippen molar-refractivity contribution in [3.8, 4) is 11.8 Å². The molecule has 3 rings (SSSR count). The molecule has 0 saturated heterocycles. The molecule has 0 aliphatic carbocycles. The Morgan fingerprint density at radius 2 is 1.32 bits per heavy atom. The third-order valence-corrected chi connectivity index (χ3v) is 4.27. The second kappa shape index (κ2) is 9.09. The van der Waals surface area contributed by atoms with E-state index >= 15 is 0 Å². The van der Waals surface area contributed by atoms with Gasteiger partial charge in [-0.15, -0.1) is 0 Å². The Labute approximate surface area is 172 Å². The molecule has 2 N–H and O–H groups in total. The number of imide groups is 1. The van der Waals surface area contributed by atoms with Gasteiger partial charge >= 0.3 is 6.03 Å². The molecule has 0 heterocycles. The van der Waals surface area contributed by atoms with Gasteiger partial charge in [0.15, 0.2) is 0 Å². The van der Waals surface area contributed by atoms with Gasteiger partial charge in [-0.25, -0.2) is 4.79 Å². The molecule has 4 nitrogen and oxygen atoms in total. The summed E-state index contributed by atoms with van der Waals surface area (Å²) in [5.74, 6) is 5.49. The summed E-state index contributed by atoms with van der Waals surface area (Å²) in [6.45, 7) is 0. The predicted molar refractivity (Wildman–Crippen MR) is 112 cm³/mol. The minimum atomic E-state index is -0.648. The smallest absolute Gasteiger partial charge is 0.308 e. The van der Waals surface area contributed by atoms with E-state index in [1.54, 1.807) is 60.7 Å². The van der Waals surface area contributed by atoms with E-state index in [0.717, 1.165) is 11.1 Å². The van der Waals surface area contributed by atoms with Gasteiger partial charge in [-0.3, -0.25) is 10.1 Å². The molecule has 0 bridgehead atoms. The number of hydrogen-bond acceptors (Lipinski definition) is 2. The van der Waals surface area contributed by atoms with E-state index in [2.05, 4.69) is 22.5 Å². The van der Waals surface area contributed by atoms with Crippen molar-refractivity contribution < 1.29 is 9.59 Å². The number of nitrogens with one attached hydrogen (secondary N) is 2. The van der Waals surface area contributed by atoms with Gasteiger partial charge in [0.05, 0.1) is 10.6 Å². The first-order valence-corrected chi connectivity index (χ1v) is 9.01. The van der Waals surface area contributed by atoms with Crippen molar-refractivity contribution in [2.24, 2.45) is 0 Å². The fourth-order valence-corrected chi connectivity index (χ4v) is 2.64. The minimum absolute atomic E-state index is 0.229. The van der Waals surface area contributed by atoms with Crippen molar-refractivity contribution in [2.45, 2.75) is 0 Å². The minimum Gasteiger partial charge on any atom is -0.308 e. The number of carbonyl (C=O) groups is 2. The van der Waals surface area contributed by atoms with Gasteiger partial charge < -0.3 is 5.32 Å². The van der Waals surface area contributed by atoms with Crippen LogP contribution in [0.5, 0.6) is 0 Å². The van der Waals surface area contributed by atoms with E-state index < -0.39 is 11.9 Å². The first kappa shape index (κ1) is 19.5. The van der Waals surface area contributed by atoms with Gasteiger partial charge in [0.1, 0.15) is 0 Å². The lowest BCUT2D eigenvalue weighted by Gasteiger charge is -2.07. The Balaban J connectivity index is 1.59. The van der Waals surface area contributed by atoms with Crippen LogP contribution in [-0.2, 0) is 0 Å². The van der Waals surface area contributed by atoms with Gasteiger partial charge in [0.25, 0.3) is 5.91 Å². The summed E-state index contributed by atoms with van der Waals surface area (Å²) < 4.78 is 0.